The summed E-state index contributed by atoms with van der Waals surface area (Å²) in [4.78, 5) is 4.89. The van der Waals surface area contributed by atoms with Gasteiger partial charge in [-0.05, 0) is 100 Å². The monoisotopic (exact) mass is 396 g/mol. The lowest BCUT2D eigenvalue weighted by Gasteiger charge is -2.37. The van der Waals surface area contributed by atoms with Gasteiger partial charge in [-0.25, -0.2) is 0 Å². The number of likely N-dealkylation sites (tertiary alicyclic amines) is 2. The molecule has 0 saturated carbocycles. The van der Waals surface area contributed by atoms with Crippen LogP contribution in [0.3, 0.4) is 0 Å². The maximum absolute atomic E-state index is 6.87. The van der Waals surface area contributed by atoms with Gasteiger partial charge in [-0.3, -0.25) is 9.80 Å². The summed E-state index contributed by atoms with van der Waals surface area (Å²) in [6.07, 6.45) is 19.6. The first-order valence-corrected chi connectivity index (χ1v) is 11.1. The summed E-state index contributed by atoms with van der Waals surface area (Å²) in [5.74, 6) is 6.16. The highest BCUT2D eigenvalue weighted by Crippen LogP contribution is 2.41. The second-order valence-corrected chi connectivity index (χ2v) is 8.73. The highest BCUT2D eigenvalue weighted by atomic mass is 35.5. The Balaban J connectivity index is 2.11. The number of piperidine rings is 2. The van der Waals surface area contributed by atoms with Crippen molar-refractivity contribution in [2.24, 2.45) is 0 Å². The van der Waals surface area contributed by atoms with Gasteiger partial charge in [-0.15, -0.1) is 12.8 Å². The van der Waals surface area contributed by atoms with E-state index in [4.69, 9.17) is 24.4 Å². The fourth-order valence-corrected chi connectivity index (χ4v) is 5.34. The third-order valence-corrected chi connectivity index (χ3v) is 7.22. The van der Waals surface area contributed by atoms with Crippen LogP contribution >= 0.6 is 11.6 Å². The van der Waals surface area contributed by atoms with Crippen LogP contribution in [0.1, 0.15) is 78.4 Å². The molecule has 2 heterocycles. The predicted octanol–water partition coefficient (Wildman–Crippen LogP) is 5.59. The molecule has 2 aliphatic rings. The van der Waals surface area contributed by atoms with Crippen molar-refractivity contribution in [1.82, 2.24) is 9.80 Å². The SMILES string of the molecule is C#CC(c1c(C)c(Cl)c(C)c(C(C#C)N2CCCCC2)c1C)N1CCCCC1. The fourth-order valence-electron chi connectivity index (χ4n) is 5.14. The molecule has 2 saturated heterocycles. The highest BCUT2D eigenvalue weighted by molar-refractivity contribution is 6.32. The van der Waals surface area contributed by atoms with E-state index in [0.29, 0.717) is 0 Å². The molecular formula is C25H33ClN2. The zero-order valence-electron chi connectivity index (χ0n) is 17.7. The molecule has 2 fully saturated rings. The van der Waals surface area contributed by atoms with E-state index in [1.54, 1.807) is 0 Å². The Morgan fingerprint density at radius 1 is 0.679 bits per heavy atom. The maximum Gasteiger partial charge on any atom is 0.0973 e. The number of rotatable bonds is 4. The first kappa shape index (κ1) is 21.3. The summed E-state index contributed by atoms with van der Waals surface area (Å²) < 4.78 is 0. The van der Waals surface area contributed by atoms with Gasteiger partial charge in [0.1, 0.15) is 0 Å². The molecule has 2 nitrogen and oxygen atoms in total. The van der Waals surface area contributed by atoms with Crippen LogP contribution in [0.15, 0.2) is 0 Å². The van der Waals surface area contributed by atoms with E-state index < -0.39 is 0 Å². The second kappa shape index (κ2) is 9.37. The lowest BCUT2D eigenvalue weighted by atomic mass is 9.84. The Kier molecular flexibility index (Phi) is 7.11. The number of halogens is 1. The van der Waals surface area contributed by atoms with Gasteiger partial charge >= 0.3 is 0 Å². The van der Waals surface area contributed by atoms with Crippen LogP contribution in [0.4, 0.5) is 0 Å². The summed E-state index contributed by atoms with van der Waals surface area (Å²) in [6.45, 7) is 10.6. The Labute approximate surface area is 176 Å². The van der Waals surface area contributed by atoms with E-state index in [9.17, 15) is 0 Å². The Hall–Kier alpha value is -1.45. The molecule has 0 aromatic heterocycles. The Morgan fingerprint density at radius 2 is 1.04 bits per heavy atom. The normalized spacial score (nSPS) is 20.9. The molecule has 2 atom stereocenters. The summed E-state index contributed by atoms with van der Waals surface area (Å²) in [6, 6.07) is -0.0612. The van der Waals surface area contributed by atoms with E-state index in [1.807, 2.05) is 0 Å². The molecule has 0 radical (unpaired) electrons. The predicted molar refractivity (Wildman–Crippen MR) is 120 cm³/mol. The molecule has 0 bridgehead atoms. The standard InChI is InChI=1S/C25H33ClN2/c1-6-21(27-14-10-8-11-15-27)23-18(3)24(20(5)25(26)19(23)4)22(7-2)28-16-12-9-13-17-28/h1-2,21-22H,8-17H2,3-5H3. The smallest absolute Gasteiger partial charge is 0.0973 e. The van der Waals surface area contributed by atoms with Crippen molar-refractivity contribution in [3.8, 4) is 24.7 Å². The molecule has 0 spiro atoms. The molecule has 2 unspecified atom stereocenters. The first-order chi connectivity index (χ1) is 13.5. The van der Waals surface area contributed by atoms with Crippen LogP contribution in [0, 0.1) is 45.5 Å². The molecule has 2 aliphatic heterocycles. The van der Waals surface area contributed by atoms with Crippen LogP contribution in [0.25, 0.3) is 0 Å². The second-order valence-electron chi connectivity index (χ2n) is 8.35. The van der Waals surface area contributed by atoms with Gasteiger partial charge in [0.15, 0.2) is 0 Å². The van der Waals surface area contributed by atoms with Gasteiger partial charge in [0.25, 0.3) is 0 Å². The molecule has 3 rings (SSSR count). The number of terminal acetylenes is 2. The van der Waals surface area contributed by atoms with Crippen molar-refractivity contribution < 1.29 is 0 Å². The maximum atomic E-state index is 6.87. The van der Waals surface area contributed by atoms with Crippen molar-refractivity contribution in [2.75, 3.05) is 26.2 Å². The molecule has 28 heavy (non-hydrogen) atoms. The lowest BCUT2D eigenvalue weighted by Crippen LogP contribution is -2.36. The van der Waals surface area contributed by atoms with Crippen molar-refractivity contribution in [2.45, 2.75) is 71.4 Å². The Bertz CT molecular complexity index is 723. The van der Waals surface area contributed by atoms with Gasteiger partial charge < -0.3 is 0 Å². The summed E-state index contributed by atoms with van der Waals surface area (Å²) >= 11 is 6.87. The third kappa shape index (κ3) is 3.97. The molecule has 0 amide bonds. The zero-order chi connectivity index (χ0) is 20.3. The average Bonchev–Trinajstić information content (AvgIpc) is 2.74. The summed E-state index contributed by atoms with van der Waals surface area (Å²) in [5.41, 5.74) is 5.87. The van der Waals surface area contributed by atoms with E-state index in [1.165, 1.54) is 55.2 Å². The van der Waals surface area contributed by atoms with Gasteiger partial charge in [0.05, 0.1) is 12.1 Å². The van der Waals surface area contributed by atoms with Crippen LogP contribution in [0.2, 0.25) is 5.02 Å². The van der Waals surface area contributed by atoms with Gasteiger partial charge in [0, 0.05) is 5.02 Å². The number of benzene rings is 1. The molecule has 1 aromatic rings. The molecule has 1 aromatic carbocycles. The van der Waals surface area contributed by atoms with Crippen LogP contribution < -0.4 is 0 Å². The van der Waals surface area contributed by atoms with Crippen molar-refractivity contribution in [3.05, 3.63) is 32.8 Å². The molecular weight excluding hydrogens is 364 g/mol. The minimum atomic E-state index is -0.0306. The largest absolute Gasteiger partial charge is 0.286 e. The van der Waals surface area contributed by atoms with Crippen molar-refractivity contribution in [3.63, 3.8) is 0 Å². The Morgan fingerprint density at radius 3 is 1.36 bits per heavy atom. The summed E-state index contributed by atoms with van der Waals surface area (Å²) in [7, 11) is 0. The van der Waals surface area contributed by atoms with Crippen LogP contribution in [0.5, 0.6) is 0 Å². The number of hydrogen-bond acceptors (Lipinski definition) is 2. The van der Waals surface area contributed by atoms with Gasteiger partial charge in [-0.2, -0.15) is 0 Å². The third-order valence-electron chi connectivity index (χ3n) is 6.65. The average molecular weight is 397 g/mol. The number of nitrogens with zero attached hydrogens (tertiary/aromatic N) is 2. The van der Waals surface area contributed by atoms with Crippen molar-refractivity contribution in [1.29, 1.82) is 0 Å². The van der Waals surface area contributed by atoms with E-state index >= 15 is 0 Å². The van der Waals surface area contributed by atoms with Crippen LogP contribution in [-0.2, 0) is 0 Å². The van der Waals surface area contributed by atoms with E-state index in [0.717, 1.165) is 42.3 Å². The first-order valence-electron chi connectivity index (χ1n) is 10.7. The molecule has 150 valence electrons. The highest BCUT2D eigenvalue weighted by Gasteiger charge is 2.30. The molecule has 0 N–H and O–H groups in total. The summed E-state index contributed by atoms with van der Waals surface area (Å²) in [5, 5.41) is 0.824. The van der Waals surface area contributed by atoms with Gasteiger partial charge in [0.2, 0.25) is 0 Å². The molecule has 3 heteroatoms. The van der Waals surface area contributed by atoms with Gasteiger partial charge in [-0.1, -0.05) is 36.3 Å². The zero-order valence-corrected chi connectivity index (χ0v) is 18.4. The van der Waals surface area contributed by atoms with Crippen molar-refractivity contribution >= 4 is 11.6 Å². The number of hydrogen-bond donors (Lipinski definition) is 0. The minimum absolute atomic E-state index is 0.0306. The minimum Gasteiger partial charge on any atom is -0.286 e. The quantitative estimate of drug-likeness (QED) is 0.612. The van der Waals surface area contributed by atoms with E-state index in [2.05, 4.69) is 42.4 Å². The van der Waals surface area contributed by atoms with E-state index in [-0.39, 0.29) is 12.1 Å². The van der Waals surface area contributed by atoms with Crippen LogP contribution in [-0.4, -0.2) is 36.0 Å². The lowest BCUT2D eigenvalue weighted by molar-refractivity contribution is 0.192. The molecule has 0 aliphatic carbocycles. The fraction of sp³-hybridized carbons (Fsp3) is 0.600. The topological polar surface area (TPSA) is 6.48 Å².